The zero-order valence-corrected chi connectivity index (χ0v) is 11.2. The second-order valence-electron chi connectivity index (χ2n) is 5.89. The fourth-order valence-corrected chi connectivity index (χ4v) is 3.45. The van der Waals surface area contributed by atoms with Gasteiger partial charge in [-0.15, -0.1) is 0 Å². The van der Waals surface area contributed by atoms with Crippen molar-refractivity contribution in [2.24, 2.45) is 11.8 Å². The lowest BCUT2D eigenvalue weighted by Gasteiger charge is -2.17. The summed E-state index contributed by atoms with van der Waals surface area (Å²) in [6.07, 6.45) is 1.69. The molecule has 108 valence electrons. The molecule has 3 unspecified atom stereocenters. The predicted molar refractivity (Wildman–Crippen MR) is 72.8 cm³/mol. The van der Waals surface area contributed by atoms with Crippen LogP contribution in [0.15, 0.2) is 18.2 Å². The average molecular weight is 277 g/mol. The van der Waals surface area contributed by atoms with Crippen molar-refractivity contribution in [1.82, 2.24) is 4.90 Å². The van der Waals surface area contributed by atoms with Crippen LogP contribution in [-0.4, -0.2) is 51.7 Å². The van der Waals surface area contributed by atoms with Gasteiger partial charge in [0, 0.05) is 24.6 Å². The van der Waals surface area contributed by atoms with E-state index in [0.717, 1.165) is 25.9 Å². The van der Waals surface area contributed by atoms with Crippen LogP contribution >= 0.6 is 0 Å². The van der Waals surface area contributed by atoms with E-state index in [1.807, 2.05) is 0 Å². The van der Waals surface area contributed by atoms with Gasteiger partial charge in [0.15, 0.2) is 17.3 Å². The van der Waals surface area contributed by atoms with E-state index in [9.17, 15) is 20.1 Å². The maximum Gasteiger partial charge on any atom is 0.176 e. The molecule has 0 amide bonds. The molecule has 1 aliphatic heterocycles. The molecule has 0 radical (unpaired) electrons. The number of phenolic OH excluding ortho intramolecular Hbond substituents is 2. The summed E-state index contributed by atoms with van der Waals surface area (Å²) >= 11 is 0. The van der Waals surface area contributed by atoms with Gasteiger partial charge >= 0.3 is 0 Å². The van der Waals surface area contributed by atoms with Crippen molar-refractivity contribution in [2.45, 2.75) is 18.9 Å². The normalized spacial score (nSPS) is 29.6. The zero-order valence-electron chi connectivity index (χ0n) is 11.2. The van der Waals surface area contributed by atoms with Gasteiger partial charge in [0.05, 0.1) is 12.6 Å². The molecule has 0 spiro atoms. The Balaban J connectivity index is 1.64. The number of nitrogens with zero attached hydrogens (tertiary/aromatic N) is 1. The summed E-state index contributed by atoms with van der Waals surface area (Å²) in [4.78, 5) is 14.2. The lowest BCUT2D eigenvalue weighted by atomic mass is 10.00. The quantitative estimate of drug-likeness (QED) is 0.567. The molecule has 3 atom stereocenters. The highest BCUT2D eigenvalue weighted by molar-refractivity contribution is 5.98. The molecule has 20 heavy (non-hydrogen) atoms. The fourth-order valence-electron chi connectivity index (χ4n) is 3.45. The van der Waals surface area contributed by atoms with Gasteiger partial charge in [-0.25, -0.2) is 0 Å². The summed E-state index contributed by atoms with van der Waals surface area (Å²) in [5.41, 5.74) is 0.401. The van der Waals surface area contributed by atoms with Crippen molar-refractivity contribution >= 4 is 5.78 Å². The Morgan fingerprint density at radius 1 is 1.20 bits per heavy atom. The summed E-state index contributed by atoms with van der Waals surface area (Å²) < 4.78 is 0. The number of aromatic hydroxyl groups is 2. The number of benzene rings is 1. The van der Waals surface area contributed by atoms with Crippen molar-refractivity contribution < 1.29 is 20.1 Å². The maximum atomic E-state index is 12.2. The molecule has 5 heteroatoms. The number of likely N-dealkylation sites (tertiary alicyclic amines) is 1. The number of aliphatic hydroxyl groups is 1. The minimum Gasteiger partial charge on any atom is -0.504 e. The van der Waals surface area contributed by atoms with Gasteiger partial charge in [0.2, 0.25) is 0 Å². The highest BCUT2D eigenvalue weighted by Crippen LogP contribution is 2.38. The Morgan fingerprint density at radius 3 is 2.70 bits per heavy atom. The van der Waals surface area contributed by atoms with Crippen LogP contribution in [0, 0.1) is 11.8 Å². The minimum atomic E-state index is -0.274. The first-order valence-electron chi connectivity index (χ1n) is 7.00. The Kier molecular flexibility index (Phi) is 3.40. The SMILES string of the molecule is O=C(CN1CC2CCC(O)C2C1)c1ccc(O)c(O)c1. The van der Waals surface area contributed by atoms with E-state index in [1.165, 1.54) is 18.2 Å². The zero-order chi connectivity index (χ0) is 14.3. The molecule has 2 fully saturated rings. The third-order valence-electron chi connectivity index (χ3n) is 4.56. The molecule has 3 N–H and O–H groups in total. The van der Waals surface area contributed by atoms with Crippen LogP contribution in [0.1, 0.15) is 23.2 Å². The summed E-state index contributed by atoms with van der Waals surface area (Å²) in [5.74, 6) is 0.238. The number of hydrogen-bond acceptors (Lipinski definition) is 5. The van der Waals surface area contributed by atoms with E-state index >= 15 is 0 Å². The third-order valence-corrected chi connectivity index (χ3v) is 4.56. The van der Waals surface area contributed by atoms with Crippen molar-refractivity contribution in [3.63, 3.8) is 0 Å². The summed E-state index contributed by atoms with van der Waals surface area (Å²) in [5, 5.41) is 28.5. The van der Waals surface area contributed by atoms with Crippen LogP contribution < -0.4 is 0 Å². The van der Waals surface area contributed by atoms with Crippen LogP contribution in [0.25, 0.3) is 0 Å². The molecular weight excluding hydrogens is 258 g/mol. The van der Waals surface area contributed by atoms with E-state index in [4.69, 9.17) is 0 Å². The molecular formula is C15H19NO4. The second kappa shape index (κ2) is 5.07. The van der Waals surface area contributed by atoms with E-state index in [1.54, 1.807) is 0 Å². The van der Waals surface area contributed by atoms with Gasteiger partial charge in [-0.1, -0.05) is 0 Å². The monoisotopic (exact) mass is 277 g/mol. The van der Waals surface area contributed by atoms with Gasteiger partial charge in [-0.05, 0) is 37.0 Å². The molecule has 1 saturated heterocycles. The highest BCUT2D eigenvalue weighted by atomic mass is 16.3. The molecule has 5 nitrogen and oxygen atoms in total. The molecule has 3 rings (SSSR count). The predicted octanol–water partition coefficient (Wildman–Crippen LogP) is 0.983. The standard InChI is InChI=1S/C15H19NO4/c17-12-3-2-10-6-16(7-11(10)12)8-15(20)9-1-4-13(18)14(19)5-9/h1,4-5,10-12,17-19H,2-3,6-8H2. The number of carbonyl (C=O) groups excluding carboxylic acids is 1. The van der Waals surface area contributed by atoms with Crippen LogP contribution in [0.2, 0.25) is 0 Å². The van der Waals surface area contributed by atoms with Crippen molar-refractivity contribution in [3.8, 4) is 11.5 Å². The number of fused-ring (bicyclic) bond motifs is 1. The number of hydrogen-bond donors (Lipinski definition) is 3. The molecule has 1 heterocycles. The third kappa shape index (κ3) is 2.39. The number of carbonyl (C=O) groups is 1. The second-order valence-corrected chi connectivity index (χ2v) is 5.89. The van der Waals surface area contributed by atoms with Gasteiger partial charge < -0.3 is 15.3 Å². The number of Topliss-reactive ketones (excluding diaryl/α,β-unsaturated/α-hetero) is 1. The largest absolute Gasteiger partial charge is 0.504 e. The molecule has 1 aromatic rings. The van der Waals surface area contributed by atoms with E-state index in [2.05, 4.69) is 4.90 Å². The molecule has 1 aromatic carbocycles. The molecule has 0 bridgehead atoms. The van der Waals surface area contributed by atoms with Crippen LogP contribution in [0.3, 0.4) is 0 Å². The minimum absolute atomic E-state index is 0.0743. The summed E-state index contributed by atoms with van der Waals surface area (Å²) in [6, 6.07) is 4.14. The number of ketones is 1. The first-order chi connectivity index (χ1) is 9.54. The Morgan fingerprint density at radius 2 is 2.00 bits per heavy atom. The van der Waals surface area contributed by atoms with Gasteiger partial charge in [0.1, 0.15) is 0 Å². The fraction of sp³-hybridized carbons (Fsp3) is 0.533. The number of phenols is 2. The van der Waals surface area contributed by atoms with Crippen LogP contribution in [-0.2, 0) is 0 Å². The van der Waals surface area contributed by atoms with Gasteiger partial charge in [-0.3, -0.25) is 9.69 Å². The van der Waals surface area contributed by atoms with E-state index in [0.29, 0.717) is 23.9 Å². The number of rotatable bonds is 3. The Bertz CT molecular complexity index is 531. The van der Waals surface area contributed by atoms with E-state index < -0.39 is 0 Å². The van der Waals surface area contributed by atoms with Crippen LogP contribution in [0.5, 0.6) is 11.5 Å². The summed E-state index contributed by atoms with van der Waals surface area (Å²) in [7, 11) is 0. The number of aliphatic hydroxyl groups excluding tert-OH is 1. The topological polar surface area (TPSA) is 81.0 Å². The maximum absolute atomic E-state index is 12.2. The Hall–Kier alpha value is -1.59. The smallest absolute Gasteiger partial charge is 0.176 e. The van der Waals surface area contributed by atoms with Crippen LogP contribution in [0.4, 0.5) is 0 Å². The molecule has 1 aliphatic carbocycles. The Labute approximate surface area is 117 Å². The van der Waals surface area contributed by atoms with Crippen molar-refractivity contribution in [2.75, 3.05) is 19.6 Å². The van der Waals surface area contributed by atoms with Crippen molar-refractivity contribution in [1.29, 1.82) is 0 Å². The van der Waals surface area contributed by atoms with E-state index in [-0.39, 0.29) is 23.4 Å². The first-order valence-corrected chi connectivity index (χ1v) is 7.00. The first kappa shape index (κ1) is 13.4. The molecule has 1 saturated carbocycles. The highest BCUT2D eigenvalue weighted by Gasteiger charge is 2.42. The summed E-state index contributed by atoms with van der Waals surface area (Å²) in [6.45, 7) is 1.92. The van der Waals surface area contributed by atoms with Gasteiger partial charge in [-0.2, -0.15) is 0 Å². The van der Waals surface area contributed by atoms with Gasteiger partial charge in [0.25, 0.3) is 0 Å². The lowest BCUT2D eigenvalue weighted by molar-refractivity contribution is 0.0919. The molecule has 2 aliphatic rings. The lowest BCUT2D eigenvalue weighted by Crippen LogP contribution is -2.30. The molecule has 0 aromatic heterocycles. The average Bonchev–Trinajstić information content (AvgIpc) is 2.95. The van der Waals surface area contributed by atoms with Crippen molar-refractivity contribution in [3.05, 3.63) is 23.8 Å².